The first-order valence-corrected chi connectivity index (χ1v) is 6.58. The summed E-state index contributed by atoms with van der Waals surface area (Å²) >= 11 is 4.28. The summed E-state index contributed by atoms with van der Waals surface area (Å²) in [6.45, 7) is 0. The van der Waals surface area contributed by atoms with Crippen molar-refractivity contribution in [3.63, 3.8) is 0 Å². The third-order valence-corrected chi connectivity index (χ3v) is 3.45. The number of hydrogen-bond acceptors (Lipinski definition) is 3. The fourth-order valence-electron chi connectivity index (χ4n) is 2.23. The van der Waals surface area contributed by atoms with Crippen molar-refractivity contribution in [3.05, 3.63) is 29.3 Å². The van der Waals surface area contributed by atoms with Gasteiger partial charge in [-0.1, -0.05) is 12.1 Å². The number of aryl methyl sites for hydroxylation is 1. The van der Waals surface area contributed by atoms with E-state index in [4.69, 9.17) is 0 Å². The molecule has 0 fully saturated rings. The van der Waals surface area contributed by atoms with E-state index in [1.165, 1.54) is 11.1 Å². The zero-order valence-electron chi connectivity index (χ0n) is 9.99. The Morgan fingerprint density at radius 3 is 3.00 bits per heavy atom. The van der Waals surface area contributed by atoms with Crippen LogP contribution >= 0.6 is 12.6 Å². The molecule has 0 bridgehead atoms. The largest absolute Gasteiger partial charge is 0.326 e. The van der Waals surface area contributed by atoms with Crippen LogP contribution in [0.1, 0.15) is 30.0 Å². The summed E-state index contributed by atoms with van der Waals surface area (Å²) in [5.41, 5.74) is 3.48. The molecular weight excluding hydrogens is 232 g/mol. The highest BCUT2D eigenvalue weighted by molar-refractivity contribution is 7.80. The average Bonchev–Trinajstić information content (AvgIpc) is 2.35. The van der Waals surface area contributed by atoms with Gasteiger partial charge in [-0.25, -0.2) is 0 Å². The number of anilines is 1. The molecule has 1 unspecified atom stereocenters. The van der Waals surface area contributed by atoms with Gasteiger partial charge in [-0.05, 0) is 42.8 Å². The van der Waals surface area contributed by atoms with Crippen LogP contribution in [0.15, 0.2) is 18.2 Å². The lowest BCUT2D eigenvalue weighted by molar-refractivity contribution is -0.116. The highest BCUT2D eigenvalue weighted by atomic mass is 32.1. The minimum Gasteiger partial charge on any atom is -0.326 e. The molecule has 0 saturated heterocycles. The lowest BCUT2D eigenvalue weighted by Crippen LogP contribution is -2.21. The Balaban J connectivity index is 2.23. The van der Waals surface area contributed by atoms with E-state index in [2.05, 4.69) is 35.4 Å². The summed E-state index contributed by atoms with van der Waals surface area (Å²) < 4.78 is 0. The molecule has 1 aliphatic heterocycles. The molecule has 1 amide bonds. The minimum atomic E-state index is 0.116. The fraction of sp³-hybridized carbons (Fsp3) is 0.462. The van der Waals surface area contributed by atoms with Crippen LogP contribution in [-0.4, -0.2) is 18.7 Å². The first-order chi connectivity index (χ1) is 8.24. The average molecular weight is 250 g/mol. The van der Waals surface area contributed by atoms with Crippen LogP contribution in [0.4, 0.5) is 5.69 Å². The summed E-state index contributed by atoms with van der Waals surface area (Å²) in [6, 6.07) is 6.62. The number of amides is 1. The van der Waals surface area contributed by atoms with E-state index >= 15 is 0 Å². The van der Waals surface area contributed by atoms with Crippen LogP contribution in [0, 0.1) is 0 Å². The van der Waals surface area contributed by atoms with Gasteiger partial charge in [0.15, 0.2) is 0 Å². The molecule has 1 heterocycles. The number of thiol groups is 1. The van der Waals surface area contributed by atoms with E-state index in [-0.39, 0.29) is 5.91 Å². The quantitative estimate of drug-likeness (QED) is 0.717. The normalized spacial score (nSPS) is 16.2. The van der Waals surface area contributed by atoms with Gasteiger partial charge in [0.2, 0.25) is 5.91 Å². The molecule has 17 heavy (non-hydrogen) atoms. The molecule has 0 spiro atoms. The fourth-order valence-corrected chi connectivity index (χ4v) is 2.49. The molecule has 1 aliphatic rings. The Labute approximate surface area is 107 Å². The van der Waals surface area contributed by atoms with Crippen LogP contribution in [0.2, 0.25) is 0 Å². The molecule has 0 saturated carbocycles. The molecule has 1 aromatic carbocycles. The van der Waals surface area contributed by atoms with E-state index in [0.717, 1.165) is 24.3 Å². The predicted octanol–water partition coefficient (Wildman–Crippen LogP) is 2.15. The Kier molecular flexibility index (Phi) is 4.07. The number of nitrogens with one attached hydrogen (secondary N) is 2. The monoisotopic (exact) mass is 250 g/mol. The van der Waals surface area contributed by atoms with Crippen molar-refractivity contribution >= 4 is 24.2 Å². The van der Waals surface area contributed by atoms with E-state index in [9.17, 15) is 4.79 Å². The topological polar surface area (TPSA) is 41.1 Å². The van der Waals surface area contributed by atoms with Gasteiger partial charge in [-0.2, -0.15) is 12.6 Å². The van der Waals surface area contributed by atoms with E-state index < -0.39 is 0 Å². The summed E-state index contributed by atoms with van der Waals surface area (Å²) in [4.78, 5) is 11.3. The zero-order valence-corrected chi connectivity index (χ0v) is 10.9. The SMILES string of the molecule is CNC(CCS)c1ccc2c(c1)CCC(=O)N2. The lowest BCUT2D eigenvalue weighted by Gasteiger charge is -2.21. The van der Waals surface area contributed by atoms with Crippen LogP contribution in [-0.2, 0) is 11.2 Å². The lowest BCUT2D eigenvalue weighted by atomic mass is 9.96. The van der Waals surface area contributed by atoms with E-state index in [0.29, 0.717) is 12.5 Å². The maximum absolute atomic E-state index is 11.3. The molecule has 4 heteroatoms. The zero-order chi connectivity index (χ0) is 12.3. The second-order valence-electron chi connectivity index (χ2n) is 4.32. The van der Waals surface area contributed by atoms with Gasteiger partial charge in [0.1, 0.15) is 0 Å². The second kappa shape index (κ2) is 5.56. The third kappa shape index (κ3) is 2.82. The number of carbonyl (C=O) groups excluding carboxylic acids is 1. The number of fused-ring (bicyclic) bond motifs is 1. The van der Waals surface area contributed by atoms with Gasteiger partial charge in [0, 0.05) is 18.2 Å². The van der Waals surface area contributed by atoms with Gasteiger partial charge in [-0.3, -0.25) is 4.79 Å². The number of carbonyl (C=O) groups is 1. The van der Waals surface area contributed by atoms with Crippen molar-refractivity contribution in [1.82, 2.24) is 5.32 Å². The predicted molar refractivity (Wildman–Crippen MR) is 73.7 cm³/mol. The van der Waals surface area contributed by atoms with Gasteiger partial charge in [0.05, 0.1) is 0 Å². The molecular formula is C13H18N2OS. The number of benzene rings is 1. The first-order valence-electron chi connectivity index (χ1n) is 5.95. The van der Waals surface area contributed by atoms with Crippen LogP contribution in [0.5, 0.6) is 0 Å². The van der Waals surface area contributed by atoms with Crippen LogP contribution in [0.3, 0.4) is 0 Å². The van der Waals surface area contributed by atoms with Crippen molar-refractivity contribution < 1.29 is 4.79 Å². The summed E-state index contributed by atoms with van der Waals surface area (Å²) in [5.74, 6) is 0.977. The highest BCUT2D eigenvalue weighted by Crippen LogP contribution is 2.27. The van der Waals surface area contributed by atoms with Gasteiger partial charge in [-0.15, -0.1) is 0 Å². The van der Waals surface area contributed by atoms with E-state index in [1.54, 1.807) is 0 Å². The molecule has 2 rings (SSSR count). The Morgan fingerprint density at radius 2 is 2.29 bits per heavy atom. The van der Waals surface area contributed by atoms with Gasteiger partial charge < -0.3 is 10.6 Å². The molecule has 0 aliphatic carbocycles. The van der Waals surface area contributed by atoms with Crippen molar-refractivity contribution in [2.45, 2.75) is 25.3 Å². The Hall–Kier alpha value is -1.00. The number of hydrogen-bond donors (Lipinski definition) is 3. The minimum absolute atomic E-state index is 0.116. The summed E-state index contributed by atoms with van der Waals surface area (Å²) in [6.07, 6.45) is 2.43. The molecule has 0 radical (unpaired) electrons. The smallest absolute Gasteiger partial charge is 0.224 e. The third-order valence-electron chi connectivity index (χ3n) is 3.19. The molecule has 92 valence electrons. The Bertz CT molecular complexity index is 420. The van der Waals surface area contributed by atoms with Crippen molar-refractivity contribution in [1.29, 1.82) is 0 Å². The van der Waals surface area contributed by atoms with Crippen molar-refractivity contribution in [2.75, 3.05) is 18.1 Å². The van der Waals surface area contributed by atoms with Crippen LogP contribution < -0.4 is 10.6 Å². The molecule has 1 aromatic rings. The van der Waals surface area contributed by atoms with E-state index in [1.807, 2.05) is 13.1 Å². The van der Waals surface area contributed by atoms with Gasteiger partial charge >= 0.3 is 0 Å². The Morgan fingerprint density at radius 1 is 1.47 bits per heavy atom. The number of rotatable bonds is 4. The standard InChI is InChI=1S/C13H18N2OS/c1-14-11(6-7-17)9-2-4-12-10(8-9)3-5-13(16)15-12/h2,4,8,11,14,17H,3,5-7H2,1H3,(H,15,16). The van der Waals surface area contributed by atoms with Gasteiger partial charge in [0.25, 0.3) is 0 Å². The highest BCUT2D eigenvalue weighted by Gasteiger charge is 2.16. The maximum atomic E-state index is 11.3. The molecule has 2 N–H and O–H groups in total. The summed E-state index contributed by atoms with van der Waals surface area (Å²) in [5, 5.41) is 6.20. The van der Waals surface area contributed by atoms with Crippen LogP contribution in [0.25, 0.3) is 0 Å². The van der Waals surface area contributed by atoms with Crippen molar-refractivity contribution in [3.8, 4) is 0 Å². The van der Waals surface area contributed by atoms with Crippen molar-refractivity contribution in [2.24, 2.45) is 0 Å². The maximum Gasteiger partial charge on any atom is 0.224 e. The molecule has 0 aromatic heterocycles. The summed E-state index contributed by atoms with van der Waals surface area (Å²) in [7, 11) is 1.97. The molecule has 1 atom stereocenters. The second-order valence-corrected chi connectivity index (χ2v) is 4.77. The molecule has 3 nitrogen and oxygen atoms in total. The first kappa shape index (κ1) is 12.5.